The number of oxazole rings is 1. The minimum Gasteiger partial charge on any atom is -0.447 e. The summed E-state index contributed by atoms with van der Waals surface area (Å²) in [7, 11) is 0. The summed E-state index contributed by atoms with van der Waals surface area (Å²) in [6.45, 7) is 0.0588. The molecule has 3 amide bonds. The van der Waals surface area contributed by atoms with Gasteiger partial charge in [0.2, 0.25) is 23.5 Å². The average Bonchev–Trinajstić information content (AvgIpc) is 3.57. The average molecular weight is 475 g/mol. The number of ketones is 1. The molecule has 1 aliphatic heterocycles. The van der Waals surface area contributed by atoms with Gasteiger partial charge in [0.05, 0.1) is 12.7 Å². The largest absolute Gasteiger partial charge is 0.447 e. The van der Waals surface area contributed by atoms with Gasteiger partial charge >= 0.3 is 0 Å². The summed E-state index contributed by atoms with van der Waals surface area (Å²) in [5.74, 6) is -1.94. The van der Waals surface area contributed by atoms with Crippen LogP contribution in [0.2, 0.25) is 0 Å². The van der Waals surface area contributed by atoms with Gasteiger partial charge in [-0.3, -0.25) is 19.2 Å². The summed E-state index contributed by atoms with van der Waals surface area (Å²) in [5.41, 5.74) is 1.60. The second kappa shape index (κ2) is 11.2. The molecule has 0 aliphatic carbocycles. The topological polar surface area (TPSA) is 122 Å². The molecule has 1 aromatic heterocycles. The molecule has 1 fully saturated rings. The van der Waals surface area contributed by atoms with E-state index in [4.69, 9.17) is 4.42 Å². The Morgan fingerprint density at radius 3 is 2.34 bits per heavy atom. The Hall–Kier alpha value is -4.27. The predicted molar refractivity (Wildman–Crippen MR) is 125 cm³/mol. The first-order chi connectivity index (χ1) is 17.0. The zero-order chi connectivity index (χ0) is 24.6. The number of nitrogens with one attached hydrogen (secondary N) is 2. The molecule has 2 atom stereocenters. The number of amides is 3. The number of hydrogen-bond acceptors (Lipinski definition) is 6. The van der Waals surface area contributed by atoms with Gasteiger partial charge in [-0.25, -0.2) is 4.98 Å². The van der Waals surface area contributed by atoms with E-state index >= 15 is 0 Å². The first-order valence-electron chi connectivity index (χ1n) is 11.4. The van der Waals surface area contributed by atoms with Crippen LogP contribution in [-0.2, 0) is 38.7 Å². The van der Waals surface area contributed by atoms with Gasteiger partial charge in [0.25, 0.3) is 5.91 Å². The van der Waals surface area contributed by atoms with Gasteiger partial charge < -0.3 is 20.0 Å². The highest BCUT2D eigenvalue weighted by Gasteiger charge is 2.38. The number of carbonyl (C=O) groups excluding carboxylic acids is 4. The van der Waals surface area contributed by atoms with Crippen LogP contribution in [0.1, 0.15) is 29.9 Å². The standard InChI is InChI=1S/C26H26N4O5/c31-22-12-11-20(29-22)26(34)30(17-19-9-5-2-6-10-19)21(15-18-7-3-1-4-8-18)24(32)25(33)28-16-23-27-13-14-35-23/h1-10,13-14,20-21H,11-12,15-17H2,(H,28,33)(H,29,31). The molecule has 0 radical (unpaired) electrons. The monoisotopic (exact) mass is 474 g/mol. The zero-order valence-electron chi connectivity index (χ0n) is 19.1. The second-order valence-corrected chi connectivity index (χ2v) is 8.29. The maximum Gasteiger partial charge on any atom is 0.290 e. The predicted octanol–water partition coefficient (Wildman–Crippen LogP) is 1.78. The fraction of sp³-hybridized carbons (Fsp3) is 0.269. The first-order valence-corrected chi connectivity index (χ1v) is 11.4. The van der Waals surface area contributed by atoms with Crippen LogP contribution in [-0.4, -0.2) is 45.5 Å². The molecule has 1 aliphatic rings. The third-order valence-electron chi connectivity index (χ3n) is 5.83. The lowest BCUT2D eigenvalue weighted by Gasteiger charge is -2.32. The van der Waals surface area contributed by atoms with Crippen molar-refractivity contribution in [2.24, 2.45) is 0 Å². The van der Waals surface area contributed by atoms with Crippen LogP contribution in [0.3, 0.4) is 0 Å². The van der Waals surface area contributed by atoms with E-state index in [0.717, 1.165) is 11.1 Å². The van der Waals surface area contributed by atoms with E-state index in [1.54, 1.807) is 0 Å². The van der Waals surface area contributed by atoms with Crippen molar-refractivity contribution < 1.29 is 23.6 Å². The summed E-state index contributed by atoms with van der Waals surface area (Å²) in [5, 5.41) is 5.22. The molecule has 3 aromatic rings. The number of rotatable bonds is 10. The van der Waals surface area contributed by atoms with E-state index in [2.05, 4.69) is 15.6 Å². The molecule has 2 N–H and O–H groups in total. The Kier molecular flexibility index (Phi) is 7.67. The summed E-state index contributed by atoms with van der Waals surface area (Å²) in [4.78, 5) is 57.1. The number of Topliss-reactive ketones (excluding diaryl/α,β-unsaturated/α-hetero) is 1. The normalized spacial score (nSPS) is 15.8. The van der Waals surface area contributed by atoms with Crippen LogP contribution < -0.4 is 10.6 Å². The van der Waals surface area contributed by atoms with E-state index < -0.39 is 29.7 Å². The van der Waals surface area contributed by atoms with Crippen molar-refractivity contribution in [3.63, 3.8) is 0 Å². The Balaban J connectivity index is 1.63. The van der Waals surface area contributed by atoms with Crippen molar-refractivity contribution in [1.29, 1.82) is 0 Å². The van der Waals surface area contributed by atoms with Crippen molar-refractivity contribution in [3.05, 3.63) is 90.1 Å². The van der Waals surface area contributed by atoms with Crippen molar-refractivity contribution in [2.75, 3.05) is 0 Å². The molecule has 0 bridgehead atoms. The first kappa shape index (κ1) is 23.9. The summed E-state index contributed by atoms with van der Waals surface area (Å²) >= 11 is 0. The summed E-state index contributed by atoms with van der Waals surface area (Å²) in [6.07, 6.45) is 3.54. The van der Waals surface area contributed by atoms with Crippen LogP contribution in [0.15, 0.2) is 77.5 Å². The Bertz CT molecular complexity index is 1160. The smallest absolute Gasteiger partial charge is 0.290 e. The van der Waals surface area contributed by atoms with Gasteiger partial charge in [0, 0.05) is 19.4 Å². The lowest BCUT2D eigenvalue weighted by atomic mass is 9.98. The molecule has 0 spiro atoms. The molecule has 2 heterocycles. The quantitative estimate of drug-likeness (QED) is 0.432. The molecule has 180 valence electrons. The molecule has 9 nitrogen and oxygen atoms in total. The Morgan fingerprint density at radius 1 is 1.06 bits per heavy atom. The Labute approximate surface area is 202 Å². The third kappa shape index (κ3) is 6.20. The van der Waals surface area contributed by atoms with Crippen molar-refractivity contribution in [1.82, 2.24) is 20.5 Å². The van der Waals surface area contributed by atoms with E-state index in [0.29, 0.717) is 6.42 Å². The highest BCUT2D eigenvalue weighted by molar-refractivity contribution is 6.38. The molecule has 35 heavy (non-hydrogen) atoms. The number of benzene rings is 2. The molecular formula is C26H26N4O5. The summed E-state index contributed by atoms with van der Waals surface area (Å²) < 4.78 is 5.12. The van der Waals surface area contributed by atoms with Gasteiger partial charge in [0.1, 0.15) is 18.3 Å². The number of nitrogens with zero attached hydrogens (tertiary/aromatic N) is 2. The lowest BCUT2D eigenvalue weighted by Crippen LogP contribution is -2.54. The van der Waals surface area contributed by atoms with E-state index in [9.17, 15) is 19.2 Å². The van der Waals surface area contributed by atoms with Gasteiger partial charge in [-0.2, -0.15) is 0 Å². The molecule has 0 saturated carbocycles. The van der Waals surface area contributed by atoms with Crippen LogP contribution in [0.25, 0.3) is 0 Å². The fourth-order valence-corrected chi connectivity index (χ4v) is 4.04. The molecule has 2 unspecified atom stereocenters. The van der Waals surface area contributed by atoms with Gasteiger partial charge in [-0.1, -0.05) is 60.7 Å². The fourth-order valence-electron chi connectivity index (χ4n) is 4.04. The maximum absolute atomic E-state index is 13.6. The van der Waals surface area contributed by atoms with Gasteiger partial charge in [0.15, 0.2) is 0 Å². The van der Waals surface area contributed by atoms with E-state index in [1.165, 1.54) is 17.4 Å². The maximum atomic E-state index is 13.6. The molecule has 9 heteroatoms. The van der Waals surface area contributed by atoms with Gasteiger partial charge in [-0.15, -0.1) is 0 Å². The van der Waals surface area contributed by atoms with Crippen LogP contribution in [0, 0.1) is 0 Å². The van der Waals surface area contributed by atoms with Crippen molar-refractivity contribution in [2.45, 2.75) is 44.4 Å². The third-order valence-corrected chi connectivity index (χ3v) is 5.83. The lowest BCUT2D eigenvalue weighted by molar-refractivity contribution is -0.147. The van der Waals surface area contributed by atoms with Gasteiger partial charge in [-0.05, 0) is 17.5 Å². The van der Waals surface area contributed by atoms with Crippen LogP contribution in [0.4, 0.5) is 0 Å². The van der Waals surface area contributed by atoms with E-state index in [-0.39, 0.29) is 37.7 Å². The number of hydrogen-bond donors (Lipinski definition) is 2. The highest BCUT2D eigenvalue weighted by Crippen LogP contribution is 2.19. The number of aromatic nitrogens is 1. The summed E-state index contributed by atoms with van der Waals surface area (Å²) in [6, 6.07) is 16.6. The van der Waals surface area contributed by atoms with Crippen LogP contribution in [0.5, 0.6) is 0 Å². The number of carbonyl (C=O) groups is 4. The zero-order valence-corrected chi connectivity index (χ0v) is 19.1. The minimum absolute atomic E-state index is 0.0546. The molecule has 2 aromatic carbocycles. The minimum atomic E-state index is -1.08. The highest BCUT2D eigenvalue weighted by atomic mass is 16.3. The van der Waals surface area contributed by atoms with Crippen molar-refractivity contribution in [3.8, 4) is 0 Å². The van der Waals surface area contributed by atoms with Crippen molar-refractivity contribution >= 4 is 23.5 Å². The second-order valence-electron chi connectivity index (χ2n) is 8.29. The molecular weight excluding hydrogens is 448 g/mol. The molecule has 1 saturated heterocycles. The SMILES string of the molecule is O=C1CCC(C(=O)N(Cc2ccccc2)C(Cc2ccccc2)C(=O)C(=O)NCc2ncco2)N1. The van der Waals surface area contributed by atoms with Crippen LogP contribution >= 0.6 is 0 Å². The Morgan fingerprint density at radius 2 is 1.74 bits per heavy atom. The molecule has 4 rings (SSSR count). The van der Waals surface area contributed by atoms with E-state index in [1.807, 2.05) is 60.7 Å².